The number of benzene rings is 1. The van der Waals surface area contributed by atoms with Crippen LogP contribution in [0.1, 0.15) is 33.9 Å². The molecule has 2 heterocycles. The number of rotatable bonds is 5. The number of likely N-dealkylation sites (N-methyl/N-ethyl adjacent to an activating group) is 1. The Kier molecular flexibility index (Phi) is 5.79. The van der Waals surface area contributed by atoms with Crippen LogP contribution in [0.5, 0.6) is 0 Å². The second-order valence-electron chi connectivity index (χ2n) is 7.03. The first-order valence-corrected chi connectivity index (χ1v) is 9.49. The van der Waals surface area contributed by atoms with Gasteiger partial charge in [-0.2, -0.15) is 5.10 Å². The Morgan fingerprint density at radius 2 is 1.75 bits per heavy atom. The van der Waals surface area contributed by atoms with Gasteiger partial charge >= 0.3 is 0 Å². The molecule has 0 bridgehead atoms. The molecule has 1 amide bonds. The molecule has 0 unspecified atom stereocenters. The molecule has 3 aromatic rings. The minimum atomic E-state index is 0.00649. The molecular formula is C21H24ClN5O. The first kappa shape index (κ1) is 20.0. The topological polar surface area (TPSA) is 63.9 Å². The Morgan fingerprint density at radius 3 is 2.39 bits per heavy atom. The van der Waals surface area contributed by atoms with E-state index in [1.165, 1.54) is 0 Å². The van der Waals surface area contributed by atoms with Crippen LogP contribution in [-0.2, 0) is 17.8 Å². The summed E-state index contributed by atoms with van der Waals surface area (Å²) in [5.41, 5.74) is 5.27. The summed E-state index contributed by atoms with van der Waals surface area (Å²) in [6, 6.07) is 9.48. The van der Waals surface area contributed by atoms with Gasteiger partial charge in [0.1, 0.15) is 0 Å². The summed E-state index contributed by atoms with van der Waals surface area (Å²) in [7, 11) is 1.79. The van der Waals surface area contributed by atoms with Gasteiger partial charge in [-0.15, -0.1) is 0 Å². The van der Waals surface area contributed by atoms with Crippen molar-refractivity contribution in [3.63, 3.8) is 0 Å². The normalized spacial score (nSPS) is 10.9. The zero-order valence-corrected chi connectivity index (χ0v) is 17.6. The molecule has 7 heteroatoms. The predicted octanol–water partition coefficient (Wildman–Crippen LogP) is 3.75. The molecule has 6 nitrogen and oxygen atoms in total. The number of carbonyl (C=O) groups excluding carboxylic acids is 1. The molecule has 0 N–H and O–H groups in total. The number of aryl methyl sites for hydroxylation is 3. The maximum Gasteiger partial charge on any atom is 0.251 e. The van der Waals surface area contributed by atoms with E-state index in [0.29, 0.717) is 17.5 Å². The Hall–Kier alpha value is -2.73. The highest BCUT2D eigenvalue weighted by atomic mass is 35.5. The van der Waals surface area contributed by atoms with Crippen LogP contribution < -0.4 is 0 Å². The van der Waals surface area contributed by atoms with E-state index in [0.717, 1.165) is 33.9 Å². The number of aromatic nitrogens is 4. The van der Waals surface area contributed by atoms with Gasteiger partial charge in [0.2, 0.25) is 5.91 Å². The fraction of sp³-hybridized carbons (Fsp3) is 0.333. The number of nitrogens with zero attached hydrogens (tertiary/aromatic N) is 5. The first-order chi connectivity index (χ1) is 13.3. The molecule has 0 fully saturated rings. The molecule has 146 valence electrons. The molecule has 0 radical (unpaired) electrons. The molecular weight excluding hydrogens is 374 g/mol. The molecule has 1 aromatic carbocycles. The van der Waals surface area contributed by atoms with Crippen molar-refractivity contribution in [2.24, 2.45) is 0 Å². The van der Waals surface area contributed by atoms with Crippen molar-refractivity contribution in [2.75, 3.05) is 7.05 Å². The van der Waals surface area contributed by atoms with E-state index in [4.69, 9.17) is 11.6 Å². The van der Waals surface area contributed by atoms with E-state index in [1.807, 2.05) is 58.0 Å². The molecule has 2 aromatic heterocycles. The SMILES string of the molecule is Cc1cc(C)nc(-n2nc(C)c(CC(=O)N(C)Cc3ccccc3Cl)c2C)n1. The van der Waals surface area contributed by atoms with Crippen molar-refractivity contribution in [1.29, 1.82) is 0 Å². The lowest BCUT2D eigenvalue weighted by atomic mass is 10.1. The average molecular weight is 398 g/mol. The van der Waals surface area contributed by atoms with Crippen molar-refractivity contribution in [2.45, 2.75) is 40.7 Å². The lowest BCUT2D eigenvalue weighted by molar-refractivity contribution is -0.129. The highest BCUT2D eigenvalue weighted by Gasteiger charge is 2.20. The zero-order chi connectivity index (χ0) is 20.4. The van der Waals surface area contributed by atoms with Crippen LogP contribution in [0.2, 0.25) is 5.02 Å². The van der Waals surface area contributed by atoms with Crippen molar-refractivity contribution in [3.05, 3.63) is 69.3 Å². The molecule has 0 aliphatic rings. The Balaban J connectivity index is 1.81. The molecule has 0 saturated carbocycles. The fourth-order valence-corrected chi connectivity index (χ4v) is 3.38. The molecule has 0 aliphatic heterocycles. The summed E-state index contributed by atoms with van der Waals surface area (Å²) in [6.45, 7) is 8.17. The van der Waals surface area contributed by atoms with Gasteiger partial charge < -0.3 is 4.90 Å². The second-order valence-corrected chi connectivity index (χ2v) is 7.44. The van der Waals surface area contributed by atoms with E-state index < -0.39 is 0 Å². The predicted molar refractivity (Wildman–Crippen MR) is 110 cm³/mol. The smallest absolute Gasteiger partial charge is 0.251 e. The molecule has 28 heavy (non-hydrogen) atoms. The Bertz CT molecular complexity index is 1010. The summed E-state index contributed by atoms with van der Waals surface area (Å²) in [4.78, 5) is 23.4. The summed E-state index contributed by atoms with van der Waals surface area (Å²) < 4.78 is 1.71. The van der Waals surface area contributed by atoms with Crippen molar-refractivity contribution >= 4 is 17.5 Å². The highest BCUT2D eigenvalue weighted by Crippen LogP contribution is 2.20. The largest absolute Gasteiger partial charge is 0.341 e. The van der Waals surface area contributed by atoms with Crippen LogP contribution in [0.15, 0.2) is 30.3 Å². The van der Waals surface area contributed by atoms with Crippen molar-refractivity contribution in [1.82, 2.24) is 24.6 Å². The molecule has 0 atom stereocenters. The molecule has 0 aliphatic carbocycles. The standard InChI is InChI=1S/C21H24ClN5O/c1-13-10-14(2)24-21(23-13)27-16(4)18(15(3)25-27)11-20(28)26(5)12-17-8-6-7-9-19(17)22/h6-10H,11-12H2,1-5H3. The Labute approximate surface area is 170 Å². The maximum atomic E-state index is 12.8. The lowest BCUT2D eigenvalue weighted by Gasteiger charge is -2.18. The van der Waals surface area contributed by atoms with Crippen molar-refractivity contribution < 1.29 is 4.79 Å². The van der Waals surface area contributed by atoms with Gasteiger partial charge in [-0.3, -0.25) is 4.79 Å². The van der Waals surface area contributed by atoms with Gasteiger partial charge in [-0.05, 0) is 45.4 Å². The number of amides is 1. The summed E-state index contributed by atoms with van der Waals surface area (Å²) >= 11 is 6.22. The van der Waals surface area contributed by atoms with Gasteiger partial charge in [-0.25, -0.2) is 14.6 Å². The summed E-state index contributed by atoms with van der Waals surface area (Å²) in [5, 5.41) is 5.23. The lowest BCUT2D eigenvalue weighted by Crippen LogP contribution is -2.28. The molecule has 3 rings (SSSR count). The minimum Gasteiger partial charge on any atom is -0.341 e. The van der Waals surface area contributed by atoms with Crippen LogP contribution in [0.25, 0.3) is 5.95 Å². The van der Waals surface area contributed by atoms with Gasteiger partial charge in [-0.1, -0.05) is 29.8 Å². The molecule has 0 spiro atoms. The van der Waals surface area contributed by atoms with E-state index in [1.54, 1.807) is 16.6 Å². The van der Waals surface area contributed by atoms with Crippen LogP contribution >= 0.6 is 11.6 Å². The summed E-state index contributed by atoms with van der Waals surface area (Å²) in [6.07, 6.45) is 0.267. The van der Waals surface area contributed by atoms with Crippen molar-refractivity contribution in [3.8, 4) is 5.95 Å². The second kappa shape index (κ2) is 8.10. The number of hydrogen-bond donors (Lipinski definition) is 0. The third-order valence-corrected chi connectivity index (χ3v) is 5.09. The van der Waals surface area contributed by atoms with Gasteiger partial charge in [0.25, 0.3) is 5.95 Å². The van der Waals surface area contributed by atoms with Crippen LogP contribution in [-0.4, -0.2) is 37.6 Å². The Morgan fingerprint density at radius 1 is 1.11 bits per heavy atom. The third-order valence-electron chi connectivity index (χ3n) is 4.72. The van der Waals surface area contributed by atoms with Gasteiger partial charge in [0.05, 0.1) is 12.1 Å². The average Bonchev–Trinajstić information content (AvgIpc) is 2.91. The number of halogens is 1. The zero-order valence-electron chi connectivity index (χ0n) is 16.8. The number of hydrogen-bond acceptors (Lipinski definition) is 4. The maximum absolute atomic E-state index is 12.8. The van der Waals surface area contributed by atoms with E-state index in [2.05, 4.69) is 15.1 Å². The van der Waals surface area contributed by atoms with Crippen LogP contribution in [0, 0.1) is 27.7 Å². The van der Waals surface area contributed by atoms with E-state index in [-0.39, 0.29) is 12.3 Å². The van der Waals surface area contributed by atoms with Gasteiger partial charge in [0.15, 0.2) is 0 Å². The van der Waals surface area contributed by atoms with Crippen LogP contribution in [0.3, 0.4) is 0 Å². The van der Waals surface area contributed by atoms with Gasteiger partial charge in [0, 0.05) is 41.3 Å². The van der Waals surface area contributed by atoms with E-state index >= 15 is 0 Å². The minimum absolute atomic E-state index is 0.00649. The quantitative estimate of drug-likeness (QED) is 0.657. The highest BCUT2D eigenvalue weighted by molar-refractivity contribution is 6.31. The number of carbonyl (C=O) groups is 1. The van der Waals surface area contributed by atoms with Crippen LogP contribution in [0.4, 0.5) is 0 Å². The molecule has 0 saturated heterocycles. The monoisotopic (exact) mass is 397 g/mol. The fourth-order valence-electron chi connectivity index (χ4n) is 3.18. The third kappa shape index (κ3) is 4.22. The summed E-state index contributed by atoms with van der Waals surface area (Å²) in [5.74, 6) is 0.535. The first-order valence-electron chi connectivity index (χ1n) is 9.11. The van der Waals surface area contributed by atoms with E-state index in [9.17, 15) is 4.79 Å².